The highest BCUT2D eigenvalue weighted by atomic mass is 19.1. The van der Waals surface area contributed by atoms with Crippen LogP contribution in [-0.4, -0.2) is 24.7 Å². The summed E-state index contributed by atoms with van der Waals surface area (Å²) < 4.78 is 14.7. The van der Waals surface area contributed by atoms with Crippen molar-refractivity contribution < 1.29 is 9.18 Å². The summed E-state index contributed by atoms with van der Waals surface area (Å²) in [5, 5.41) is 5.77. The van der Waals surface area contributed by atoms with Gasteiger partial charge in [-0.05, 0) is 68.2 Å². The van der Waals surface area contributed by atoms with Gasteiger partial charge in [-0.2, -0.15) is 10.1 Å². The van der Waals surface area contributed by atoms with Crippen LogP contribution in [0.5, 0.6) is 0 Å². The molecule has 2 aliphatic heterocycles. The molecule has 0 N–H and O–H groups in total. The van der Waals surface area contributed by atoms with Crippen LogP contribution < -0.4 is 9.91 Å². The molecule has 27 heavy (non-hydrogen) atoms. The van der Waals surface area contributed by atoms with Crippen LogP contribution in [0.3, 0.4) is 0 Å². The molecule has 5 heteroatoms. The van der Waals surface area contributed by atoms with Gasteiger partial charge < -0.3 is 4.90 Å². The lowest BCUT2D eigenvalue weighted by Crippen LogP contribution is -2.21. The van der Waals surface area contributed by atoms with Crippen molar-refractivity contribution in [1.29, 1.82) is 0 Å². The van der Waals surface area contributed by atoms with Crippen LogP contribution in [0.2, 0.25) is 0 Å². The van der Waals surface area contributed by atoms with Crippen LogP contribution in [0.1, 0.15) is 30.9 Å². The van der Waals surface area contributed by atoms with Gasteiger partial charge in [0.1, 0.15) is 5.82 Å². The second kappa shape index (κ2) is 6.99. The second-order valence-electron chi connectivity index (χ2n) is 7.05. The maximum atomic E-state index is 14.7. The number of carbonyl (C=O) groups is 1. The molecule has 1 saturated heterocycles. The number of amides is 1. The Morgan fingerprint density at radius 1 is 1.07 bits per heavy atom. The lowest BCUT2D eigenvalue weighted by Gasteiger charge is -2.19. The SMILES string of the molecule is CC1=NN(c2ccccc2)C(=O)C1=Cc1cc(F)c(N2CCCC2)cc1C. The fourth-order valence-corrected chi connectivity index (χ4v) is 3.62. The van der Waals surface area contributed by atoms with Crippen molar-refractivity contribution in [1.82, 2.24) is 0 Å². The number of hydrazone groups is 1. The zero-order valence-electron chi connectivity index (χ0n) is 15.6. The molecule has 0 radical (unpaired) electrons. The van der Waals surface area contributed by atoms with E-state index in [1.807, 2.05) is 43.3 Å². The lowest BCUT2D eigenvalue weighted by atomic mass is 10.0. The molecule has 1 amide bonds. The van der Waals surface area contributed by atoms with Gasteiger partial charge in [-0.3, -0.25) is 4.79 Å². The first kappa shape index (κ1) is 17.5. The van der Waals surface area contributed by atoms with E-state index in [0.717, 1.165) is 37.2 Å². The minimum absolute atomic E-state index is 0.192. The molecular formula is C22H22FN3O. The van der Waals surface area contributed by atoms with Crippen molar-refractivity contribution in [2.75, 3.05) is 23.0 Å². The van der Waals surface area contributed by atoms with E-state index in [1.165, 1.54) is 11.1 Å². The summed E-state index contributed by atoms with van der Waals surface area (Å²) in [6.45, 7) is 5.55. The number of carbonyl (C=O) groups excluding carboxylic acids is 1. The van der Waals surface area contributed by atoms with E-state index >= 15 is 0 Å². The van der Waals surface area contributed by atoms with Gasteiger partial charge in [0.25, 0.3) is 5.91 Å². The van der Waals surface area contributed by atoms with Gasteiger partial charge >= 0.3 is 0 Å². The predicted molar refractivity (Wildman–Crippen MR) is 108 cm³/mol. The molecule has 0 spiro atoms. The highest BCUT2D eigenvalue weighted by Crippen LogP contribution is 2.30. The molecule has 4 nitrogen and oxygen atoms in total. The highest BCUT2D eigenvalue weighted by molar-refractivity contribution is 6.32. The van der Waals surface area contributed by atoms with Crippen LogP contribution in [-0.2, 0) is 4.79 Å². The van der Waals surface area contributed by atoms with Crippen LogP contribution in [0.25, 0.3) is 6.08 Å². The first-order chi connectivity index (χ1) is 13.0. The van der Waals surface area contributed by atoms with Crippen molar-refractivity contribution in [3.05, 3.63) is 65.0 Å². The number of aryl methyl sites for hydroxylation is 1. The minimum Gasteiger partial charge on any atom is -0.369 e. The summed E-state index contributed by atoms with van der Waals surface area (Å²) in [6, 6.07) is 12.7. The molecule has 0 unspecified atom stereocenters. The molecule has 0 saturated carbocycles. The molecule has 4 rings (SSSR count). The normalized spacial score (nSPS) is 18.6. The first-order valence-electron chi connectivity index (χ1n) is 9.26. The van der Waals surface area contributed by atoms with Gasteiger partial charge in [0, 0.05) is 13.1 Å². The van der Waals surface area contributed by atoms with Gasteiger partial charge in [-0.25, -0.2) is 4.39 Å². The van der Waals surface area contributed by atoms with E-state index in [4.69, 9.17) is 0 Å². The summed E-state index contributed by atoms with van der Waals surface area (Å²) in [5.74, 6) is -0.434. The molecule has 138 valence electrons. The van der Waals surface area contributed by atoms with Gasteiger partial charge in [0.15, 0.2) is 0 Å². The van der Waals surface area contributed by atoms with Crippen LogP contribution >= 0.6 is 0 Å². The quantitative estimate of drug-likeness (QED) is 0.751. The number of hydrogen-bond acceptors (Lipinski definition) is 3. The molecule has 2 aromatic rings. The fraction of sp³-hybridized carbons (Fsp3) is 0.273. The third kappa shape index (κ3) is 3.25. The van der Waals surface area contributed by atoms with E-state index < -0.39 is 0 Å². The Morgan fingerprint density at radius 2 is 1.78 bits per heavy atom. The first-order valence-corrected chi connectivity index (χ1v) is 9.26. The topological polar surface area (TPSA) is 35.9 Å². The molecule has 1 fully saturated rings. The Hall–Kier alpha value is -2.95. The summed E-state index contributed by atoms with van der Waals surface area (Å²) in [7, 11) is 0. The lowest BCUT2D eigenvalue weighted by molar-refractivity contribution is -0.114. The number of para-hydroxylation sites is 1. The summed E-state index contributed by atoms with van der Waals surface area (Å²) in [6.07, 6.45) is 3.95. The third-order valence-electron chi connectivity index (χ3n) is 5.15. The number of benzene rings is 2. The number of halogens is 1. The summed E-state index contributed by atoms with van der Waals surface area (Å²) in [5.41, 5.74) is 4.16. The maximum Gasteiger partial charge on any atom is 0.280 e. The van der Waals surface area contributed by atoms with Crippen LogP contribution in [0, 0.1) is 12.7 Å². The van der Waals surface area contributed by atoms with Crippen molar-refractivity contribution in [3.63, 3.8) is 0 Å². The Labute approximate surface area is 158 Å². The summed E-state index contributed by atoms with van der Waals surface area (Å²) >= 11 is 0. The standard InChI is InChI=1S/C22H22FN3O/c1-15-12-21(25-10-6-7-11-25)20(23)14-17(15)13-19-16(2)24-26(22(19)27)18-8-4-3-5-9-18/h3-5,8-9,12-14H,6-7,10-11H2,1-2H3. The molecule has 2 aliphatic rings. The van der Waals surface area contributed by atoms with Crippen LogP contribution in [0.4, 0.5) is 15.8 Å². The molecule has 0 aromatic heterocycles. The zero-order chi connectivity index (χ0) is 19.0. The monoisotopic (exact) mass is 363 g/mol. The number of rotatable bonds is 3. The Balaban J connectivity index is 1.66. The zero-order valence-corrected chi connectivity index (χ0v) is 15.6. The fourth-order valence-electron chi connectivity index (χ4n) is 3.62. The van der Waals surface area contributed by atoms with Gasteiger partial charge in [-0.15, -0.1) is 0 Å². The molecule has 2 aromatic carbocycles. The van der Waals surface area contributed by atoms with Crippen molar-refractivity contribution in [3.8, 4) is 0 Å². The predicted octanol–water partition coefficient (Wildman–Crippen LogP) is 4.54. The van der Waals surface area contributed by atoms with E-state index in [-0.39, 0.29) is 11.7 Å². The number of nitrogens with zero attached hydrogens (tertiary/aromatic N) is 3. The van der Waals surface area contributed by atoms with E-state index in [0.29, 0.717) is 22.5 Å². The average Bonchev–Trinajstić information content (AvgIpc) is 3.29. The highest BCUT2D eigenvalue weighted by Gasteiger charge is 2.29. The Bertz CT molecular complexity index is 944. The van der Waals surface area contributed by atoms with E-state index in [2.05, 4.69) is 10.0 Å². The Morgan fingerprint density at radius 3 is 2.48 bits per heavy atom. The minimum atomic E-state index is -0.241. The maximum absolute atomic E-state index is 14.7. The third-order valence-corrected chi connectivity index (χ3v) is 5.15. The second-order valence-corrected chi connectivity index (χ2v) is 7.05. The van der Waals surface area contributed by atoms with Crippen molar-refractivity contribution in [2.24, 2.45) is 5.10 Å². The van der Waals surface area contributed by atoms with E-state index in [9.17, 15) is 9.18 Å². The molecule has 0 bridgehead atoms. The van der Waals surface area contributed by atoms with Gasteiger partial charge in [0.05, 0.1) is 22.7 Å². The van der Waals surface area contributed by atoms with Gasteiger partial charge in [0.2, 0.25) is 0 Å². The summed E-state index contributed by atoms with van der Waals surface area (Å²) in [4.78, 5) is 14.9. The number of anilines is 2. The molecular weight excluding hydrogens is 341 g/mol. The molecule has 2 heterocycles. The molecule has 0 aliphatic carbocycles. The van der Waals surface area contributed by atoms with Crippen molar-refractivity contribution in [2.45, 2.75) is 26.7 Å². The Kier molecular flexibility index (Phi) is 4.52. The van der Waals surface area contributed by atoms with Gasteiger partial charge in [-0.1, -0.05) is 18.2 Å². The van der Waals surface area contributed by atoms with E-state index in [1.54, 1.807) is 13.0 Å². The number of hydrogen-bond donors (Lipinski definition) is 0. The van der Waals surface area contributed by atoms with Crippen molar-refractivity contribution >= 4 is 29.1 Å². The smallest absolute Gasteiger partial charge is 0.280 e. The largest absolute Gasteiger partial charge is 0.369 e. The molecule has 0 atom stereocenters. The van der Waals surface area contributed by atoms with Crippen LogP contribution in [0.15, 0.2) is 53.1 Å². The average molecular weight is 363 g/mol.